The maximum absolute atomic E-state index is 5.03. The molecule has 2 aliphatic heterocycles. The van der Waals surface area contributed by atoms with E-state index in [1.807, 2.05) is 0 Å². The normalized spacial score (nSPS) is 18.7. The number of likely N-dealkylation sites (N-methyl/N-ethyl adjacent to an activating group) is 1. The molecule has 5 heteroatoms. The standard InChI is InChI=1S/C34H34N3S.HI/c1-33(2)24-13-7-10-16-27(24)36(5)30(33)21-19-23(32-35-26-15-9-12-18-29(26)38-32)20-22-31-34(3,4)25-14-8-11-17-28(25)37(31)6;/h7-22H,1-6H3;1H/q+1;/p-1. The van der Waals surface area contributed by atoms with Crippen molar-refractivity contribution in [1.29, 1.82) is 0 Å². The van der Waals surface area contributed by atoms with Crippen LogP contribution < -0.4 is 28.9 Å². The molecule has 39 heavy (non-hydrogen) atoms. The van der Waals surface area contributed by atoms with Gasteiger partial charge in [0.25, 0.3) is 0 Å². The van der Waals surface area contributed by atoms with Crippen molar-refractivity contribution in [2.45, 2.75) is 38.5 Å². The lowest BCUT2D eigenvalue weighted by atomic mass is 9.81. The number of hydrogen-bond donors (Lipinski definition) is 0. The van der Waals surface area contributed by atoms with Crippen LogP contribution in [0.2, 0.25) is 0 Å². The molecule has 0 saturated carbocycles. The lowest BCUT2D eigenvalue weighted by molar-refractivity contribution is -0.401. The van der Waals surface area contributed by atoms with E-state index in [1.54, 1.807) is 11.3 Å². The Kier molecular flexibility index (Phi) is 7.18. The summed E-state index contributed by atoms with van der Waals surface area (Å²) in [4.78, 5) is 7.35. The lowest BCUT2D eigenvalue weighted by Gasteiger charge is -2.23. The number of fused-ring (bicyclic) bond motifs is 3. The molecule has 0 atom stereocenters. The topological polar surface area (TPSA) is 19.1 Å². The average molecular weight is 644 g/mol. The van der Waals surface area contributed by atoms with Crippen molar-refractivity contribution >= 4 is 44.2 Å². The first kappa shape index (κ1) is 27.5. The molecule has 3 aromatic carbocycles. The number of anilines is 1. The van der Waals surface area contributed by atoms with Crippen molar-refractivity contribution < 1.29 is 28.6 Å². The number of thiazole rings is 1. The molecule has 0 amide bonds. The molecule has 0 radical (unpaired) electrons. The predicted molar refractivity (Wildman–Crippen MR) is 163 cm³/mol. The number of rotatable bonds is 4. The van der Waals surface area contributed by atoms with Crippen molar-refractivity contribution in [2.75, 3.05) is 19.0 Å². The maximum Gasteiger partial charge on any atom is 0.209 e. The summed E-state index contributed by atoms with van der Waals surface area (Å²) in [6.45, 7) is 9.24. The summed E-state index contributed by atoms with van der Waals surface area (Å²) in [7, 11) is 4.34. The largest absolute Gasteiger partial charge is 1.00 e. The van der Waals surface area contributed by atoms with Gasteiger partial charge in [0.05, 0.1) is 15.6 Å². The Balaban J connectivity index is 0.00000308. The van der Waals surface area contributed by atoms with Gasteiger partial charge in [-0.3, -0.25) is 0 Å². The zero-order chi connectivity index (χ0) is 26.7. The van der Waals surface area contributed by atoms with E-state index in [-0.39, 0.29) is 34.8 Å². The van der Waals surface area contributed by atoms with Crippen molar-refractivity contribution in [1.82, 2.24) is 4.98 Å². The van der Waals surface area contributed by atoms with Gasteiger partial charge in [-0.05, 0) is 49.8 Å². The van der Waals surface area contributed by atoms with E-state index >= 15 is 0 Å². The van der Waals surface area contributed by atoms with Gasteiger partial charge >= 0.3 is 0 Å². The molecule has 198 valence electrons. The van der Waals surface area contributed by atoms with Gasteiger partial charge in [0.15, 0.2) is 5.71 Å². The molecule has 3 heterocycles. The Morgan fingerprint density at radius 1 is 0.872 bits per heavy atom. The summed E-state index contributed by atoms with van der Waals surface area (Å²) in [5.41, 5.74) is 9.85. The monoisotopic (exact) mass is 643 g/mol. The first-order chi connectivity index (χ1) is 18.2. The van der Waals surface area contributed by atoms with E-state index in [0.29, 0.717) is 0 Å². The van der Waals surface area contributed by atoms with Crippen LogP contribution in [0.1, 0.15) is 43.8 Å². The van der Waals surface area contributed by atoms with E-state index in [4.69, 9.17) is 4.98 Å². The third kappa shape index (κ3) is 4.49. The zero-order valence-corrected chi connectivity index (χ0v) is 26.3. The van der Waals surface area contributed by atoms with Crippen molar-refractivity contribution in [3.63, 3.8) is 0 Å². The van der Waals surface area contributed by atoms with Crippen LogP contribution in [0.5, 0.6) is 0 Å². The smallest absolute Gasteiger partial charge is 0.209 e. The molecule has 2 aliphatic rings. The number of nitrogens with zero attached hydrogens (tertiary/aromatic N) is 3. The second-order valence-corrected chi connectivity index (χ2v) is 12.3. The minimum atomic E-state index is -0.0751. The minimum Gasteiger partial charge on any atom is -1.00 e. The second kappa shape index (κ2) is 10.2. The van der Waals surface area contributed by atoms with E-state index in [0.717, 1.165) is 16.1 Å². The Labute approximate surface area is 252 Å². The fraction of sp³-hybridized carbons (Fsp3) is 0.235. The summed E-state index contributed by atoms with van der Waals surface area (Å²) in [5, 5.41) is 1.03. The van der Waals surface area contributed by atoms with Crippen LogP contribution in [0.4, 0.5) is 11.4 Å². The molecular weight excluding hydrogens is 609 g/mol. The molecule has 1 aromatic heterocycles. The summed E-state index contributed by atoms with van der Waals surface area (Å²) in [6, 6.07) is 25.8. The highest BCUT2D eigenvalue weighted by atomic mass is 127. The van der Waals surface area contributed by atoms with Crippen LogP contribution in [-0.4, -0.2) is 29.4 Å². The highest BCUT2D eigenvalue weighted by molar-refractivity contribution is 7.19. The number of para-hydroxylation sites is 3. The predicted octanol–water partition coefficient (Wildman–Crippen LogP) is 5.26. The molecule has 6 rings (SSSR count). The molecule has 0 aliphatic carbocycles. The molecule has 0 spiro atoms. The fourth-order valence-corrected chi connectivity index (χ4v) is 7.11. The maximum atomic E-state index is 5.03. The molecule has 0 N–H and O–H groups in total. The van der Waals surface area contributed by atoms with Crippen molar-refractivity contribution in [3.8, 4) is 0 Å². The lowest BCUT2D eigenvalue weighted by Crippen LogP contribution is -3.00. The van der Waals surface area contributed by atoms with Gasteiger partial charge in [-0.2, -0.15) is 4.58 Å². The van der Waals surface area contributed by atoms with Gasteiger partial charge in [0.2, 0.25) is 5.69 Å². The van der Waals surface area contributed by atoms with Gasteiger partial charge in [-0.15, -0.1) is 11.3 Å². The van der Waals surface area contributed by atoms with Gasteiger partial charge < -0.3 is 28.9 Å². The SMILES string of the molecule is CN1/C(=C/C=C(/C=C/C2=[N+](C)c3ccccc3C2(C)C)c2nc3ccccc3s2)C(C)(C)c2ccccc21.[I-]. The zero-order valence-electron chi connectivity index (χ0n) is 23.4. The summed E-state index contributed by atoms with van der Waals surface area (Å²) in [6.07, 6.45) is 9.08. The first-order valence-electron chi connectivity index (χ1n) is 13.2. The Morgan fingerprint density at radius 3 is 2.26 bits per heavy atom. The van der Waals surface area contributed by atoms with Crippen molar-refractivity contribution in [2.24, 2.45) is 0 Å². The molecule has 4 aromatic rings. The Morgan fingerprint density at radius 2 is 1.54 bits per heavy atom. The molecule has 0 unspecified atom stereocenters. The number of hydrogen-bond acceptors (Lipinski definition) is 3. The minimum absolute atomic E-state index is 0. The molecule has 0 fully saturated rings. The van der Waals surface area contributed by atoms with Crippen LogP contribution in [0.3, 0.4) is 0 Å². The Hall–Kier alpha value is -3.03. The van der Waals surface area contributed by atoms with Gasteiger partial charge in [-0.25, -0.2) is 4.98 Å². The van der Waals surface area contributed by atoms with Crippen LogP contribution in [0.15, 0.2) is 103 Å². The van der Waals surface area contributed by atoms with Gasteiger partial charge in [-0.1, -0.05) is 68.5 Å². The molecular formula is C34H34IN3S. The van der Waals surface area contributed by atoms with Crippen LogP contribution in [0, 0.1) is 0 Å². The van der Waals surface area contributed by atoms with Crippen LogP contribution in [0.25, 0.3) is 15.8 Å². The highest BCUT2D eigenvalue weighted by Crippen LogP contribution is 2.47. The first-order valence-corrected chi connectivity index (χ1v) is 14.0. The van der Waals surface area contributed by atoms with E-state index < -0.39 is 0 Å². The quantitative estimate of drug-likeness (QED) is 0.172. The van der Waals surface area contributed by atoms with E-state index in [1.165, 1.54) is 38.6 Å². The molecule has 0 saturated heterocycles. The van der Waals surface area contributed by atoms with Gasteiger partial charge in [0.1, 0.15) is 12.1 Å². The molecule has 0 bridgehead atoms. The number of halogens is 1. The van der Waals surface area contributed by atoms with E-state index in [2.05, 4.69) is 148 Å². The summed E-state index contributed by atoms with van der Waals surface area (Å²) >= 11 is 1.75. The average Bonchev–Trinajstić information content (AvgIpc) is 3.49. The number of benzene rings is 3. The number of allylic oxidation sites excluding steroid dienone is 6. The van der Waals surface area contributed by atoms with Crippen LogP contribution in [-0.2, 0) is 10.8 Å². The third-order valence-corrected chi connectivity index (χ3v) is 9.35. The summed E-state index contributed by atoms with van der Waals surface area (Å²) in [5.74, 6) is 0. The van der Waals surface area contributed by atoms with E-state index in [9.17, 15) is 0 Å². The summed E-state index contributed by atoms with van der Waals surface area (Å²) < 4.78 is 3.53. The number of aromatic nitrogens is 1. The van der Waals surface area contributed by atoms with Crippen LogP contribution >= 0.6 is 11.3 Å². The second-order valence-electron chi connectivity index (χ2n) is 11.3. The van der Waals surface area contributed by atoms with Gasteiger partial charge in [0, 0.05) is 47.1 Å². The van der Waals surface area contributed by atoms with Crippen molar-refractivity contribution in [3.05, 3.63) is 119 Å². The third-order valence-electron chi connectivity index (χ3n) is 8.26. The Bertz CT molecular complexity index is 1670. The molecule has 3 nitrogen and oxygen atoms in total. The highest BCUT2D eigenvalue weighted by Gasteiger charge is 2.42. The fourth-order valence-electron chi connectivity index (χ4n) is 6.13.